The number of nitrogens with zero attached hydrogens (tertiary/aromatic N) is 2. The summed E-state index contributed by atoms with van der Waals surface area (Å²) < 4.78 is 2.48. The zero-order chi connectivity index (χ0) is 14.2. The van der Waals surface area contributed by atoms with Crippen LogP contribution < -0.4 is 0 Å². The molecule has 1 heterocycles. The average molecular weight is 364 g/mol. The molecule has 0 spiro atoms. The Morgan fingerprint density at radius 3 is 2.63 bits per heavy atom. The van der Waals surface area contributed by atoms with Crippen molar-refractivity contribution in [3.63, 3.8) is 0 Å². The third-order valence-corrected chi connectivity index (χ3v) is 4.38. The van der Waals surface area contributed by atoms with E-state index in [1.165, 1.54) is 0 Å². The van der Waals surface area contributed by atoms with E-state index in [2.05, 4.69) is 21.0 Å². The minimum Gasteiger partial charge on any atom is -0.388 e. The molecule has 0 saturated carbocycles. The third kappa shape index (κ3) is 3.14. The molecule has 6 heteroatoms. The first-order valence-corrected chi connectivity index (χ1v) is 7.26. The van der Waals surface area contributed by atoms with Gasteiger partial charge in [0.2, 0.25) is 0 Å². The van der Waals surface area contributed by atoms with Crippen LogP contribution in [0.25, 0.3) is 0 Å². The van der Waals surface area contributed by atoms with Gasteiger partial charge in [-0.3, -0.25) is 4.68 Å². The molecule has 2 aromatic rings. The van der Waals surface area contributed by atoms with Crippen molar-refractivity contribution in [3.8, 4) is 0 Å². The molecule has 3 nitrogen and oxygen atoms in total. The Bertz CT molecular complexity index is 613. The number of aryl methyl sites for hydroxylation is 2. The van der Waals surface area contributed by atoms with Crippen LogP contribution >= 0.6 is 39.1 Å². The number of aromatic nitrogens is 2. The van der Waals surface area contributed by atoms with Gasteiger partial charge in [0.05, 0.1) is 22.5 Å². The molecule has 1 atom stereocenters. The second kappa shape index (κ2) is 5.83. The summed E-state index contributed by atoms with van der Waals surface area (Å²) in [6.45, 7) is 1.84. The predicted octanol–water partition coefficient (Wildman–Crippen LogP) is 4.07. The van der Waals surface area contributed by atoms with Gasteiger partial charge < -0.3 is 5.11 Å². The Balaban J connectivity index is 2.28. The Labute approximate surface area is 130 Å². The zero-order valence-electron chi connectivity index (χ0n) is 10.5. The Morgan fingerprint density at radius 2 is 2.11 bits per heavy atom. The molecule has 0 aliphatic rings. The molecule has 2 rings (SSSR count). The molecule has 0 aliphatic heterocycles. The maximum atomic E-state index is 10.3. The van der Waals surface area contributed by atoms with Crippen LogP contribution in [0.5, 0.6) is 0 Å². The second-order valence-corrected chi connectivity index (χ2v) is 6.02. The lowest BCUT2D eigenvalue weighted by Gasteiger charge is -2.13. The van der Waals surface area contributed by atoms with Crippen molar-refractivity contribution in [2.24, 2.45) is 7.05 Å². The molecule has 1 unspecified atom stereocenters. The van der Waals surface area contributed by atoms with Crippen LogP contribution in [0, 0.1) is 6.92 Å². The molecule has 0 aliphatic carbocycles. The zero-order valence-corrected chi connectivity index (χ0v) is 13.6. The van der Waals surface area contributed by atoms with Crippen molar-refractivity contribution in [3.05, 3.63) is 49.7 Å². The van der Waals surface area contributed by atoms with E-state index < -0.39 is 6.10 Å². The van der Waals surface area contributed by atoms with E-state index in [-0.39, 0.29) is 0 Å². The predicted molar refractivity (Wildman–Crippen MR) is 80.8 cm³/mol. The van der Waals surface area contributed by atoms with Crippen molar-refractivity contribution < 1.29 is 5.11 Å². The van der Waals surface area contributed by atoms with Crippen LogP contribution in [-0.4, -0.2) is 14.9 Å². The fourth-order valence-electron chi connectivity index (χ4n) is 1.97. The number of hydrogen-bond acceptors (Lipinski definition) is 2. The monoisotopic (exact) mass is 362 g/mol. The van der Waals surface area contributed by atoms with E-state index >= 15 is 0 Å². The number of rotatable bonds is 3. The maximum absolute atomic E-state index is 10.3. The summed E-state index contributed by atoms with van der Waals surface area (Å²) in [5, 5.41) is 15.8. The fourth-order valence-corrected chi connectivity index (χ4v) is 3.15. The fraction of sp³-hybridized carbons (Fsp3) is 0.308. The standard InChI is InChI=1S/C13H13BrCl2N2O/c1-7-13(16)11(18(2)17-7)6-12(19)9-4-3-8(15)5-10(9)14/h3-5,12,19H,6H2,1-2H3. The van der Waals surface area contributed by atoms with E-state index in [0.29, 0.717) is 16.5 Å². The number of aliphatic hydroxyl groups excluding tert-OH is 1. The van der Waals surface area contributed by atoms with Gasteiger partial charge in [-0.1, -0.05) is 45.2 Å². The molecule has 19 heavy (non-hydrogen) atoms. The van der Waals surface area contributed by atoms with Crippen LogP contribution in [0.15, 0.2) is 22.7 Å². The first-order valence-electron chi connectivity index (χ1n) is 5.71. The van der Waals surface area contributed by atoms with Crippen LogP contribution in [0.1, 0.15) is 23.1 Å². The van der Waals surface area contributed by atoms with Gasteiger partial charge in [0.25, 0.3) is 0 Å². The highest BCUT2D eigenvalue weighted by Crippen LogP contribution is 2.30. The highest BCUT2D eigenvalue weighted by atomic mass is 79.9. The van der Waals surface area contributed by atoms with Crippen LogP contribution in [-0.2, 0) is 13.5 Å². The minimum absolute atomic E-state index is 0.399. The summed E-state index contributed by atoms with van der Waals surface area (Å²) in [7, 11) is 1.82. The Morgan fingerprint density at radius 1 is 1.42 bits per heavy atom. The lowest BCUT2D eigenvalue weighted by atomic mass is 10.0. The summed E-state index contributed by atoms with van der Waals surface area (Å²) in [5.74, 6) is 0. The molecule has 0 bridgehead atoms. The summed E-state index contributed by atoms with van der Waals surface area (Å²) in [6, 6.07) is 5.31. The number of benzene rings is 1. The van der Waals surface area contributed by atoms with E-state index in [4.69, 9.17) is 23.2 Å². The SMILES string of the molecule is Cc1nn(C)c(CC(O)c2ccc(Cl)cc2Br)c1Cl. The van der Waals surface area contributed by atoms with Crippen molar-refractivity contribution in [1.82, 2.24) is 9.78 Å². The number of aliphatic hydroxyl groups is 1. The molecule has 0 amide bonds. The van der Waals surface area contributed by atoms with E-state index in [9.17, 15) is 5.11 Å². The highest BCUT2D eigenvalue weighted by Gasteiger charge is 2.18. The van der Waals surface area contributed by atoms with Gasteiger partial charge in [-0.2, -0.15) is 5.10 Å². The molecular formula is C13H13BrCl2N2O. The summed E-state index contributed by atoms with van der Waals surface area (Å²) in [4.78, 5) is 0. The topological polar surface area (TPSA) is 38.0 Å². The van der Waals surface area contributed by atoms with Crippen molar-refractivity contribution in [2.45, 2.75) is 19.4 Å². The van der Waals surface area contributed by atoms with E-state index in [0.717, 1.165) is 21.4 Å². The normalized spacial score (nSPS) is 12.7. The van der Waals surface area contributed by atoms with Gasteiger partial charge in [0.1, 0.15) is 0 Å². The maximum Gasteiger partial charge on any atom is 0.0856 e. The summed E-state index contributed by atoms with van der Waals surface area (Å²) in [5.41, 5.74) is 2.36. The summed E-state index contributed by atoms with van der Waals surface area (Å²) >= 11 is 15.5. The molecule has 0 radical (unpaired) electrons. The van der Waals surface area contributed by atoms with E-state index in [1.807, 2.05) is 14.0 Å². The largest absolute Gasteiger partial charge is 0.388 e. The smallest absolute Gasteiger partial charge is 0.0856 e. The van der Waals surface area contributed by atoms with Crippen molar-refractivity contribution in [2.75, 3.05) is 0 Å². The second-order valence-electron chi connectivity index (χ2n) is 4.36. The third-order valence-electron chi connectivity index (χ3n) is 2.97. The highest BCUT2D eigenvalue weighted by molar-refractivity contribution is 9.10. The van der Waals surface area contributed by atoms with Gasteiger partial charge in [-0.15, -0.1) is 0 Å². The molecule has 1 N–H and O–H groups in total. The molecule has 102 valence electrons. The lowest BCUT2D eigenvalue weighted by Crippen LogP contribution is -2.07. The molecule has 0 fully saturated rings. The lowest BCUT2D eigenvalue weighted by molar-refractivity contribution is 0.175. The molecule has 1 aromatic heterocycles. The van der Waals surface area contributed by atoms with Gasteiger partial charge in [0, 0.05) is 23.0 Å². The van der Waals surface area contributed by atoms with Crippen LogP contribution in [0.4, 0.5) is 0 Å². The quantitative estimate of drug-likeness (QED) is 0.892. The van der Waals surface area contributed by atoms with Crippen molar-refractivity contribution in [1.29, 1.82) is 0 Å². The minimum atomic E-state index is -0.668. The number of halogens is 3. The molecular weight excluding hydrogens is 351 g/mol. The van der Waals surface area contributed by atoms with E-state index in [1.54, 1.807) is 22.9 Å². The van der Waals surface area contributed by atoms with Crippen LogP contribution in [0.2, 0.25) is 10.0 Å². The van der Waals surface area contributed by atoms with Gasteiger partial charge in [0.15, 0.2) is 0 Å². The Hall–Kier alpha value is -0.550. The molecule has 0 saturated heterocycles. The summed E-state index contributed by atoms with van der Waals surface area (Å²) in [6.07, 6.45) is -0.268. The van der Waals surface area contributed by atoms with Gasteiger partial charge in [-0.05, 0) is 24.6 Å². The Kier molecular flexibility index (Phi) is 4.56. The average Bonchev–Trinajstić information content (AvgIpc) is 2.56. The number of hydrogen-bond donors (Lipinski definition) is 1. The van der Waals surface area contributed by atoms with Crippen molar-refractivity contribution >= 4 is 39.1 Å². The van der Waals surface area contributed by atoms with Gasteiger partial charge >= 0.3 is 0 Å². The first kappa shape index (κ1) is 14.9. The first-order chi connectivity index (χ1) is 8.90. The van der Waals surface area contributed by atoms with Crippen LogP contribution in [0.3, 0.4) is 0 Å². The van der Waals surface area contributed by atoms with Gasteiger partial charge in [-0.25, -0.2) is 0 Å². The molecule has 1 aromatic carbocycles.